The fraction of sp³-hybridized carbons (Fsp3) is 0.300. The molecule has 2 N–H and O–H groups in total. The predicted octanol–water partition coefficient (Wildman–Crippen LogP) is 6.51. The maximum atomic E-state index is 15.6. The summed E-state index contributed by atoms with van der Waals surface area (Å²) in [6.45, 7) is 0.102. The Hall–Kier alpha value is -4.09. The highest BCUT2D eigenvalue weighted by atomic mass is 19.4. The molecule has 0 radical (unpaired) electrons. The number of benzene rings is 3. The second kappa shape index (κ2) is 10.7. The van der Waals surface area contributed by atoms with Crippen LogP contribution in [0.2, 0.25) is 0 Å². The van der Waals surface area contributed by atoms with Crippen molar-refractivity contribution in [2.45, 2.75) is 50.6 Å². The zero-order valence-electron chi connectivity index (χ0n) is 22.1. The van der Waals surface area contributed by atoms with Crippen LogP contribution < -0.4 is 5.32 Å². The van der Waals surface area contributed by atoms with Crippen molar-refractivity contribution in [3.63, 3.8) is 0 Å². The first-order chi connectivity index (χ1) is 19.7. The lowest BCUT2D eigenvalue weighted by molar-refractivity contribution is -0.136. The molecule has 5 aromatic rings. The van der Waals surface area contributed by atoms with Gasteiger partial charge in [0.05, 0.1) is 11.7 Å². The van der Waals surface area contributed by atoms with E-state index in [0.717, 1.165) is 30.9 Å². The molecule has 1 unspecified atom stereocenters. The van der Waals surface area contributed by atoms with Gasteiger partial charge >= 0.3 is 6.18 Å². The number of alkyl halides is 3. The maximum Gasteiger partial charge on any atom is 0.420 e. The Morgan fingerprint density at radius 2 is 1.83 bits per heavy atom. The molecule has 1 fully saturated rings. The molecule has 2 aromatic heterocycles. The SMILES string of the molecule is Cn1cnnc1-c1c(-c2ccccc2)ccc(F)c1-c1nc2cc(CNC3CCCC[C@H]3O)cc(C(F)(F)F)c2o1. The summed E-state index contributed by atoms with van der Waals surface area (Å²) in [5.74, 6) is -0.727. The van der Waals surface area contributed by atoms with E-state index < -0.39 is 29.2 Å². The Balaban J connectivity index is 1.51. The molecule has 2 heterocycles. The van der Waals surface area contributed by atoms with Crippen molar-refractivity contribution in [2.75, 3.05) is 0 Å². The van der Waals surface area contributed by atoms with E-state index in [1.54, 1.807) is 17.7 Å². The summed E-state index contributed by atoms with van der Waals surface area (Å²) in [5.41, 5.74) is 0.307. The summed E-state index contributed by atoms with van der Waals surface area (Å²) < 4.78 is 65.7. The Morgan fingerprint density at radius 3 is 2.54 bits per heavy atom. The topological polar surface area (TPSA) is 89.0 Å². The van der Waals surface area contributed by atoms with Crippen LogP contribution >= 0.6 is 0 Å². The number of aliphatic hydroxyl groups is 1. The lowest BCUT2D eigenvalue weighted by Gasteiger charge is -2.28. The highest BCUT2D eigenvalue weighted by molar-refractivity contribution is 5.92. The van der Waals surface area contributed by atoms with Gasteiger partial charge < -0.3 is 19.4 Å². The van der Waals surface area contributed by atoms with Gasteiger partial charge in [-0.3, -0.25) is 0 Å². The van der Waals surface area contributed by atoms with E-state index in [0.29, 0.717) is 28.9 Å². The van der Waals surface area contributed by atoms with Crippen LogP contribution in [0.1, 0.15) is 36.8 Å². The van der Waals surface area contributed by atoms with Crippen molar-refractivity contribution in [2.24, 2.45) is 7.05 Å². The molecule has 2 atom stereocenters. The van der Waals surface area contributed by atoms with Gasteiger partial charge in [-0.1, -0.05) is 49.2 Å². The molecule has 1 saturated carbocycles. The highest BCUT2D eigenvalue weighted by Crippen LogP contribution is 2.43. The van der Waals surface area contributed by atoms with E-state index >= 15 is 4.39 Å². The van der Waals surface area contributed by atoms with Gasteiger partial charge in [0.25, 0.3) is 0 Å². The van der Waals surface area contributed by atoms with Crippen molar-refractivity contribution in [1.29, 1.82) is 0 Å². The van der Waals surface area contributed by atoms with Gasteiger partial charge in [-0.25, -0.2) is 9.37 Å². The van der Waals surface area contributed by atoms with Crippen LogP contribution in [-0.4, -0.2) is 37.0 Å². The number of hydrogen-bond acceptors (Lipinski definition) is 6. The summed E-state index contributed by atoms with van der Waals surface area (Å²) in [4.78, 5) is 4.38. The van der Waals surface area contributed by atoms with Crippen LogP contribution in [0.15, 0.2) is 65.3 Å². The molecule has 212 valence electrons. The minimum absolute atomic E-state index is 0.0516. The van der Waals surface area contributed by atoms with E-state index in [1.807, 2.05) is 30.3 Å². The smallest absolute Gasteiger partial charge is 0.420 e. The third-order valence-corrected chi connectivity index (χ3v) is 7.54. The van der Waals surface area contributed by atoms with E-state index in [4.69, 9.17) is 4.42 Å². The first-order valence-corrected chi connectivity index (χ1v) is 13.4. The number of fused-ring (bicyclic) bond motifs is 1. The zero-order valence-corrected chi connectivity index (χ0v) is 22.1. The molecule has 3 aromatic carbocycles. The minimum atomic E-state index is -4.74. The van der Waals surface area contributed by atoms with Crippen LogP contribution in [0.4, 0.5) is 17.6 Å². The van der Waals surface area contributed by atoms with Gasteiger partial charge in [0, 0.05) is 25.2 Å². The zero-order chi connectivity index (χ0) is 28.7. The monoisotopic (exact) mass is 565 g/mol. The molecule has 0 bridgehead atoms. The first-order valence-electron chi connectivity index (χ1n) is 13.4. The predicted molar refractivity (Wildman–Crippen MR) is 145 cm³/mol. The molecule has 6 rings (SSSR count). The van der Waals surface area contributed by atoms with Crippen molar-refractivity contribution in [3.8, 4) is 34.0 Å². The van der Waals surface area contributed by atoms with E-state index in [9.17, 15) is 18.3 Å². The molecule has 1 aliphatic rings. The summed E-state index contributed by atoms with van der Waals surface area (Å²) in [5, 5.41) is 21.5. The first kappa shape index (κ1) is 27.1. The molecule has 0 saturated heterocycles. The number of aromatic nitrogens is 4. The van der Waals surface area contributed by atoms with Crippen LogP contribution in [0.3, 0.4) is 0 Å². The summed E-state index contributed by atoms with van der Waals surface area (Å²) in [7, 11) is 1.69. The molecule has 0 amide bonds. The second-order valence-electron chi connectivity index (χ2n) is 10.3. The van der Waals surface area contributed by atoms with Crippen molar-refractivity contribution in [1.82, 2.24) is 25.1 Å². The minimum Gasteiger partial charge on any atom is -0.435 e. The quantitative estimate of drug-likeness (QED) is 0.228. The van der Waals surface area contributed by atoms with Crippen LogP contribution in [0.5, 0.6) is 0 Å². The second-order valence-corrected chi connectivity index (χ2v) is 10.3. The lowest BCUT2D eigenvalue weighted by Crippen LogP contribution is -2.41. The number of aryl methyl sites for hydroxylation is 1. The Kier molecular flexibility index (Phi) is 7.08. The Labute approximate surface area is 232 Å². The van der Waals surface area contributed by atoms with Crippen LogP contribution in [0.25, 0.3) is 45.1 Å². The third-order valence-electron chi connectivity index (χ3n) is 7.54. The molecule has 11 heteroatoms. The van der Waals surface area contributed by atoms with Gasteiger partial charge in [-0.2, -0.15) is 13.2 Å². The van der Waals surface area contributed by atoms with Crippen LogP contribution in [-0.2, 0) is 19.8 Å². The number of hydrogen-bond donors (Lipinski definition) is 2. The fourth-order valence-corrected chi connectivity index (χ4v) is 5.50. The number of oxazole rings is 1. The molecule has 41 heavy (non-hydrogen) atoms. The van der Waals surface area contributed by atoms with Crippen molar-refractivity contribution < 1.29 is 27.1 Å². The number of aliphatic hydroxyl groups excluding tert-OH is 1. The standard InChI is InChI=1S/C30H27F4N5O2/c1-39-16-36-38-28(39)25-19(18-7-3-2-4-8-18)11-12-21(31)26(25)29-37-23-14-17(13-20(27(23)41-29)30(32,33)34)15-35-22-9-5-6-10-24(22)40/h2-4,7-8,11-14,16,22,24,35,40H,5-6,9-10,15H2,1H3/t22?,24-/m1/s1. The van der Waals surface area contributed by atoms with Gasteiger partial charge in [0.1, 0.15) is 23.2 Å². The summed E-state index contributed by atoms with van der Waals surface area (Å²) in [6, 6.07) is 14.3. The lowest BCUT2D eigenvalue weighted by atomic mass is 9.92. The Bertz CT molecular complexity index is 1700. The van der Waals surface area contributed by atoms with Gasteiger partial charge in [-0.15, -0.1) is 10.2 Å². The normalized spacial score (nSPS) is 17.8. The maximum absolute atomic E-state index is 15.6. The van der Waals surface area contributed by atoms with Crippen LogP contribution in [0, 0.1) is 5.82 Å². The van der Waals surface area contributed by atoms with E-state index in [-0.39, 0.29) is 29.6 Å². The van der Waals surface area contributed by atoms with Gasteiger partial charge in [0.15, 0.2) is 11.4 Å². The third kappa shape index (κ3) is 5.22. The average Bonchev–Trinajstić information content (AvgIpc) is 3.57. The molecular weight excluding hydrogens is 538 g/mol. The molecular formula is C30H27F4N5O2. The number of nitrogens with zero attached hydrogens (tertiary/aromatic N) is 4. The summed E-state index contributed by atoms with van der Waals surface area (Å²) in [6.07, 6.45) is -0.586. The molecule has 0 spiro atoms. The highest BCUT2D eigenvalue weighted by Gasteiger charge is 2.36. The van der Waals surface area contributed by atoms with Gasteiger partial charge in [0.2, 0.25) is 5.89 Å². The Morgan fingerprint density at radius 1 is 1.05 bits per heavy atom. The van der Waals surface area contributed by atoms with Crippen molar-refractivity contribution >= 4 is 11.1 Å². The van der Waals surface area contributed by atoms with Crippen molar-refractivity contribution in [3.05, 3.63) is 77.9 Å². The fourth-order valence-electron chi connectivity index (χ4n) is 5.50. The molecule has 1 aliphatic carbocycles. The number of nitrogens with one attached hydrogen (secondary N) is 1. The summed E-state index contributed by atoms with van der Waals surface area (Å²) >= 11 is 0. The molecule has 7 nitrogen and oxygen atoms in total. The average molecular weight is 566 g/mol. The molecule has 0 aliphatic heterocycles. The number of halogens is 4. The van der Waals surface area contributed by atoms with Gasteiger partial charge in [-0.05, 0) is 47.7 Å². The number of rotatable bonds is 6. The largest absolute Gasteiger partial charge is 0.435 e. The van der Waals surface area contributed by atoms with E-state index in [1.165, 1.54) is 18.5 Å². The van der Waals surface area contributed by atoms with E-state index in [2.05, 4.69) is 20.5 Å².